The van der Waals surface area contributed by atoms with Gasteiger partial charge >= 0.3 is 0 Å². The van der Waals surface area contributed by atoms with Gasteiger partial charge in [0.15, 0.2) is 0 Å². The number of carbonyl (C=O) groups excluding carboxylic acids is 1. The Hall–Kier alpha value is -2.58. The number of nitrogens with one attached hydrogen (secondary N) is 1. The third kappa shape index (κ3) is 4.71. The first-order valence-electron chi connectivity index (χ1n) is 8.37. The summed E-state index contributed by atoms with van der Waals surface area (Å²) in [7, 11) is 0. The van der Waals surface area contributed by atoms with Crippen LogP contribution < -0.4 is 5.32 Å². The maximum atomic E-state index is 12.3. The predicted octanol–water partition coefficient (Wildman–Crippen LogP) is 5.29. The van der Waals surface area contributed by atoms with Crippen molar-refractivity contribution in [1.29, 1.82) is 0 Å². The molecule has 0 atom stereocenters. The SMILES string of the molecule is O=C(NCCC(c1ccccc1)c1ccccc1)c1cccc(Cl)c1. The topological polar surface area (TPSA) is 29.1 Å². The average Bonchev–Trinajstić information content (AvgIpc) is 2.66. The molecule has 0 saturated carbocycles. The Kier molecular flexibility index (Phi) is 5.86. The molecule has 3 aromatic rings. The first-order chi connectivity index (χ1) is 12.2. The monoisotopic (exact) mass is 349 g/mol. The first-order valence-corrected chi connectivity index (χ1v) is 8.75. The van der Waals surface area contributed by atoms with E-state index in [4.69, 9.17) is 11.6 Å². The fraction of sp³-hybridized carbons (Fsp3) is 0.136. The molecule has 0 unspecified atom stereocenters. The van der Waals surface area contributed by atoms with Crippen LogP contribution in [0.3, 0.4) is 0 Å². The molecular weight excluding hydrogens is 330 g/mol. The molecule has 25 heavy (non-hydrogen) atoms. The number of amides is 1. The van der Waals surface area contributed by atoms with E-state index in [2.05, 4.69) is 53.8 Å². The van der Waals surface area contributed by atoms with Gasteiger partial charge in [-0.15, -0.1) is 0 Å². The van der Waals surface area contributed by atoms with Crippen molar-refractivity contribution < 1.29 is 4.79 Å². The standard InChI is InChI=1S/C22H20ClNO/c23-20-13-7-12-19(16-20)22(25)24-15-14-21(17-8-3-1-4-9-17)18-10-5-2-6-11-18/h1-13,16,21H,14-15H2,(H,24,25). The van der Waals surface area contributed by atoms with Crippen LogP contribution in [0, 0.1) is 0 Å². The Morgan fingerprint density at radius 3 is 2.00 bits per heavy atom. The molecule has 3 aromatic carbocycles. The highest BCUT2D eigenvalue weighted by molar-refractivity contribution is 6.30. The van der Waals surface area contributed by atoms with Crippen molar-refractivity contribution in [3.63, 3.8) is 0 Å². The lowest BCUT2D eigenvalue weighted by Crippen LogP contribution is -2.25. The van der Waals surface area contributed by atoms with Crippen LogP contribution in [0.15, 0.2) is 84.9 Å². The number of hydrogen-bond donors (Lipinski definition) is 1. The second-order valence-electron chi connectivity index (χ2n) is 5.93. The zero-order chi connectivity index (χ0) is 17.5. The predicted molar refractivity (Wildman–Crippen MR) is 103 cm³/mol. The minimum absolute atomic E-state index is 0.0950. The normalized spacial score (nSPS) is 10.6. The summed E-state index contributed by atoms with van der Waals surface area (Å²) in [5.41, 5.74) is 3.10. The van der Waals surface area contributed by atoms with E-state index in [1.165, 1.54) is 11.1 Å². The lowest BCUT2D eigenvalue weighted by molar-refractivity contribution is 0.0953. The van der Waals surface area contributed by atoms with E-state index in [1.807, 2.05) is 12.1 Å². The van der Waals surface area contributed by atoms with E-state index in [0.29, 0.717) is 17.1 Å². The average molecular weight is 350 g/mol. The molecule has 1 amide bonds. The lowest BCUT2D eigenvalue weighted by Gasteiger charge is -2.18. The van der Waals surface area contributed by atoms with Gasteiger partial charge in [0.2, 0.25) is 0 Å². The first kappa shape index (κ1) is 17.2. The minimum Gasteiger partial charge on any atom is -0.352 e. The van der Waals surface area contributed by atoms with Crippen molar-refractivity contribution in [1.82, 2.24) is 5.32 Å². The van der Waals surface area contributed by atoms with Crippen molar-refractivity contribution in [2.24, 2.45) is 0 Å². The Morgan fingerprint density at radius 1 is 0.840 bits per heavy atom. The summed E-state index contributed by atoms with van der Waals surface area (Å²) in [6.45, 7) is 0.597. The van der Waals surface area contributed by atoms with Crippen LogP contribution in [0.25, 0.3) is 0 Å². The summed E-state index contributed by atoms with van der Waals surface area (Å²) >= 11 is 5.95. The summed E-state index contributed by atoms with van der Waals surface area (Å²) in [6, 6.07) is 27.8. The molecule has 0 aromatic heterocycles. The summed E-state index contributed by atoms with van der Waals surface area (Å²) in [4.78, 5) is 12.3. The molecule has 126 valence electrons. The second-order valence-corrected chi connectivity index (χ2v) is 6.37. The Morgan fingerprint density at radius 2 is 1.44 bits per heavy atom. The van der Waals surface area contributed by atoms with Gasteiger partial charge in [0.1, 0.15) is 0 Å². The van der Waals surface area contributed by atoms with Gasteiger partial charge in [-0.2, -0.15) is 0 Å². The summed E-state index contributed by atoms with van der Waals surface area (Å²) < 4.78 is 0. The molecule has 0 aliphatic rings. The van der Waals surface area contributed by atoms with Gasteiger partial charge in [-0.05, 0) is 35.7 Å². The number of carbonyl (C=O) groups is 1. The van der Waals surface area contributed by atoms with Crippen LogP contribution in [0.4, 0.5) is 0 Å². The van der Waals surface area contributed by atoms with Gasteiger partial charge in [0.05, 0.1) is 0 Å². The quantitative estimate of drug-likeness (QED) is 0.643. The summed E-state index contributed by atoms with van der Waals surface area (Å²) in [5.74, 6) is 0.157. The Balaban J connectivity index is 1.68. The van der Waals surface area contributed by atoms with Gasteiger partial charge in [-0.1, -0.05) is 78.3 Å². The number of halogens is 1. The molecule has 3 heteroatoms. The van der Waals surface area contributed by atoms with Crippen LogP contribution in [-0.4, -0.2) is 12.5 Å². The van der Waals surface area contributed by atoms with Gasteiger partial charge < -0.3 is 5.32 Å². The molecule has 0 fully saturated rings. The van der Waals surface area contributed by atoms with Crippen molar-refractivity contribution in [3.05, 3.63) is 107 Å². The smallest absolute Gasteiger partial charge is 0.251 e. The van der Waals surface area contributed by atoms with E-state index in [-0.39, 0.29) is 11.8 Å². The molecule has 2 nitrogen and oxygen atoms in total. The van der Waals surface area contributed by atoms with Crippen LogP contribution in [0.1, 0.15) is 33.8 Å². The minimum atomic E-state index is -0.0950. The fourth-order valence-electron chi connectivity index (χ4n) is 2.96. The molecule has 0 heterocycles. The number of benzene rings is 3. The van der Waals surface area contributed by atoms with Crippen LogP contribution in [0.2, 0.25) is 5.02 Å². The molecule has 0 aliphatic heterocycles. The molecule has 0 radical (unpaired) electrons. The number of hydrogen-bond acceptors (Lipinski definition) is 1. The molecule has 0 saturated heterocycles. The van der Waals surface area contributed by atoms with Crippen molar-refractivity contribution >= 4 is 17.5 Å². The van der Waals surface area contributed by atoms with E-state index in [1.54, 1.807) is 24.3 Å². The summed E-state index contributed by atoms with van der Waals surface area (Å²) in [5, 5.41) is 3.57. The summed E-state index contributed by atoms with van der Waals surface area (Å²) in [6.07, 6.45) is 0.834. The molecule has 0 aliphatic carbocycles. The fourth-order valence-corrected chi connectivity index (χ4v) is 3.15. The zero-order valence-electron chi connectivity index (χ0n) is 13.9. The maximum Gasteiger partial charge on any atom is 0.251 e. The highest BCUT2D eigenvalue weighted by atomic mass is 35.5. The molecule has 0 spiro atoms. The van der Waals surface area contributed by atoms with E-state index < -0.39 is 0 Å². The molecule has 3 rings (SSSR count). The largest absolute Gasteiger partial charge is 0.352 e. The lowest BCUT2D eigenvalue weighted by atomic mass is 9.88. The Labute approximate surface area is 153 Å². The van der Waals surface area contributed by atoms with E-state index in [9.17, 15) is 4.79 Å². The highest BCUT2D eigenvalue weighted by Gasteiger charge is 2.14. The van der Waals surface area contributed by atoms with E-state index >= 15 is 0 Å². The third-order valence-electron chi connectivity index (χ3n) is 4.21. The van der Waals surface area contributed by atoms with E-state index in [0.717, 1.165) is 6.42 Å². The second kappa shape index (κ2) is 8.50. The molecule has 1 N–H and O–H groups in total. The van der Waals surface area contributed by atoms with Gasteiger partial charge in [0, 0.05) is 23.0 Å². The van der Waals surface area contributed by atoms with Crippen molar-refractivity contribution in [2.75, 3.05) is 6.54 Å². The third-order valence-corrected chi connectivity index (χ3v) is 4.44. The van der Waals surface area contributed by atoms with Crippen LogP contribution >= 0.6 is 11.6 Å². The highest BCUT2D eigenvalue weighted by Crippen LogP contribution is 2.27. The van der Waals surface area contributed by atoms with Crippen molar-refractivity contribution in [2.45, 2.75) is 12.3 Å². The van der Waals surface area contributed by atoms with Crippen LogP contribution in [0.5, 0.6) is 0 Å². The molecule has 0 bridgehead atoms. The van der Waals surface area contributed by atoms with Crippen LogP contribution in [-0.2, 0) is 0 Å². The van der Waals surface area contributed by atoms with Gasteiger partial charge in [-0.25, -0.2) is 0 Å². The van der Waals surface area contributed by atoms with Gasteiger partial charge in [-0.3, -0.25) is 4.79 Å². The van der Waals surface area contributed by atoms with Gasteiger partial charge in [0.25, 0.3) is 5.91 Å². The number of rotatable bonds is 6. The zero-order valence-corrected chi connectivity index (χ0v) is 14.6. The Bertz CT molecular complexity index is 778. The molecular formula is C22H20ClNO. The maximum absolute atomic E-state index is 12.3. The van der Waals surface area contributed by atoms with Crippen molar-refractivity contribution in [3.8, 4) is 0 Å².